The van der Waals surface area contributed by atoms with Gasteiger partial charge in [0.05, 0.1) is 13.0 Å². The molecule has 130 valence electrons. The van der Waals surface area contributed by atoms with Crippen LogP contribution in [0.3, 0.4) is 0 Å². The maximum Gasteiger partial charge on any atom is 0.324 e. The number of piperidine rings is 1. The fourth-order valence-corrected chi connectivity index (χ4v) is 3.50. The molecule has 2 fully saturated rings. The van der Waals surface area contributed by atoms with Gasteiger partial charge in [0.15, 0.2) is 5.58 Å². The third-order valence-corrected chi connectivity index (χ3v) is 4.83. The van der Waals surface area contributed by atoms with Crippen LogP contribution in [0.2, 0.25) is 0 Å². The lowest BCUT2D eigenvalue weighted by Crippen LogP contribution is -2.49. The Morgan fingerprint density at radius 2 is 2.00 bits per heavy atom. The molecule has 2 aromatic rings. The Bertz CT molecular complexity index is 822. The zero-order chi connectivity index (χ0) is 17.4. The molecular weight excluding hydrogens is 324 g/mol. The second-order valence-corrected chi connectivity index (χ2v) is 6.34. The first-order chi connectivity index (χ1) is 12.1. The van der Waals surface area contributed by atoms with Crippen LogP contribution in [0.4, 0.5) is 4.79 Å². The summed E-state index contributed by atoms with van der Waals surface area (Å²) in [6.07, 6.45) is 1.39. The van der Waals surface area contributed by atoms with Gasteiger partial charge in [0.25, 0.3) is 0 Å². The molecule has 25 heavy (non-hydrogen) atoms. The molecule has 0 atom stereocenters. The van der Waals surface area contributed by atoms with E-state index in [1.807, 2.05) is 24.3 Å². The Labute approximate surface area is 143 Å². The summed E-state index contributed by atoms with van der Waals surface area (Å²) in [6, 6.07) is 6.99. The predicted molar refractivity (Wildman–Crippen MR) is 87.6 cm³/mol. The molecule has 3 heterocycles. The Morgan fingerprint density at radius 3 is 2.72 bits per heavy atom. The second-order valence-electron chi connectivity index (χ2n) is 6.34. The number of carbonyl (C=O) groups is 3. The fourth-order valence-electron chi connectivity index (χ4n) is 3.50. The van der Waals surface area contributed by atoms with Crippen molar-refractivity contribution >= 4 is 28.8 Å². The highest BCUT2D eigenvalue weighted by Crippen LogP contribution is 2.22. The van der Waals surface area contributed by atoms with Crippen LogP contribution in [0, 0.1) is 0 Å². The molecule has 0 aliphatic carbocycles. The number of imide groups is 1. The van der Waals surface area contributed by atoms with Gasteiger partial charge in [-0.15, -0.1) is 0 Å². The number of amides is 4. The van der Waals surface area contributed by atoms with Gasteiger partial charge in [-0.3, -0.25) is 14.5 Å². The first-order valence-electron chi connectivity index (χ1n) is 8.34. The molecule has 8 nitrogen and oxygen atoms in total. The maximum absolute atomic E-state index is 12.6. The van der Waals surface area contributed by atoms with Gasteiger partial charge in [-0.2, -0.15) is 0 Å². The largest absolute Gasteiger partial charge is 0.356 e. The molecule has 0 saturated carbocycles. The third-order valence-electron chi connectivity index (χ3n) is 4.83. The van der Waals surface area contributed by atoms with E-state index in [4.69, 9.17) is 4.52 Å². The van der Waals surface area contributed by atoms with Crippen molar-refractivity contribution in [2.24, 2.45) is 0 Å². The average Bonchev–Trinajstić information content (AvgIpc) is 3.19. The van der Waals surface area contributed by atoms with Gasteiger partial charge in [0.2, 0.25) is 11.8 Å². The van der Waals surface area contributed by atoms with Gasteiger partial charge < -0.3 is 14.7 Å². The van der Waals surface area contributed by atoms with Gasteiger partial charge in [-0.25, -0.2) is 4.79 Å². The lowest BCUT2D eigenvalue weighted by atomic mass is 10.0. The zero-order valence-electron chi connectivity index (χ0n) is 13.6. The number of hydrogen-bond donors (Lipinski definition) is 1. The Kier molecular flexibility index (Phi) is 3.87. The molecule has 0 radical (unpaired) electrons. The van der Waals surface area contributed by atoms with E-state index in [1.54, 1.807) is 4.90 Å². The molecule has 2 aliphatic heterocycles. The zero-order valence-corrected chi connectivity index (χ0v) is 13.6. The number of carbonyl (C=O) groups excluding carboxylic acids is 3. The van der Waals surface area contributed by atoms with Crippen molar-refractivity contribution in [1.29, 1.82) is 0 Å². The minimum atomic E-state index is -0.330. The molecule has 1 aromatic carbocycles. The topological polar surface area (TPSA) is 95.8 Å². The summed E-state index contributed by atoms with van der Waals surface area (Å²) in [5, 5.41) is 7.39. The van der Waals surface area contributed by atoms with E-state index in [1.165, 1.54) is 4.90 Å². The third kappa shape index (κ3) is 2.84. The maximum atomic E-state index is 12.6. The van der Waals surface area contributed by atoms with Crippen molar-refractivity contribution < 1.29 is 18.9 Å². The van der Waals surface area contributed by atoms with E-state index in [2.05, 4.69) is 10.5 Å². The minimum absolute atomic E-state index is 0.0188. The van der Waals surface area contributed by atoms with Crippen molar-refractivity contribution in [3.8, 4) is 0 Å². The van der Waals surface area contributed by atoms with E-state index >= 15 is 0 Å². The average molecular weight is 342 g/mol. The summed E-state index contributed by atoms with van der Waals surface area (Å²) in [6.45, 7) is 1.11. The molecule has 0 unspecified atom stereocenters. The van der Waals surface area contributed by atoms with Crippen LogP contribution < -0.4 is 5.32 Å². The molecule has 4 rings (SSSR count). The first-order valence-corrected chi connectivity index (χ1v) is 8.34. The molecule has 1 aromatic heterocycles. The highest BCUT2D eigenvalue weighted by molar-refractivity contribution is 6.02. The van der Waals surface area contributed by atoms with Crippen molar-refractivity contribution in [3.63, 3.8) is 0 Å². The van der Waals surface area contributed by atoms with Crippen LogP contribution in [-0.4, -0.2) is 58.5 Å². The van der Waals surface area contributed by atoms with Crippen LogP contribution in [0.25, 0.3) is 11.0 Å². The van der Waals surface area contributed by atoms with Crippen molar-refractivity contribution in [2.75, 3.05) is 19.6 Å². The van der Waals surface area contributed by atoms with Gasteiger partial charge >= 0.3 is 6.03 Å². The second kappa shape index (κ2) is 6.19. The number of aromatic nitrogens is 1. The normalized spacial score (nSPS) is 18.9. The standard InChI is InChI=1S/C17H18N4O4/c22-15(9-13-12-3-1-2-4-14(12)25-19-13)20-7-5-11(6-8-20)21-16(23)10-18-17(21)24/h1-4,11H,5-10H2,(H,18,24). The molecular formula is C17H18N4O4. The Morgan fingerprint density at radius 1 is 1.24 bits per heavy atom. The summed E-state index contributed by atoms with van der Waals surface area (Å²) in [5.74, 6) is -0.210. The number of rotatable bonds is 3. The monoisotopic (exact) mass is 342 g/mol. The minimum Gasteiger partial charge on any atom is -0.356 e. The smallest absolute Gasteiger partial charge is 0.324 e. The Hall–Kier alpha value is -2.90. The van der Waals surface area contributed by atoms with Crippen LogP contribution in [-0.2, 0) is 16.0 Å². The van der Waals surface area contributed by atoms with Gasteiger partial charge in [0, 0.05) is 24.5 Å². The quantitative estimate of drug-likeness (QED) is 0.837. The van der Waals surface area contributed by atoms with E-state index in [9.17, 15) is 14.4 Å². The van der Waals surface area contributed by atoms with E-state index in [-0.39, 0.29) is 36.9 Å². The number of fused-ring (bicyclic) bond motifs is 1. The lowest BCUT2D eigenvalue weighted by molar-refractivity contribution is -0.132. The highest BCUT2D eigenvalue weighted by Gasteiger charge is 2.37. The summed E-state index contributed by atoms with van der Waals surface area (Å²) in [7, 11) is 0. The number of urea groups is 1. The summed E-state index contributed by atoms with van der Waals surface area (Å²) >= 11 is 0. The summed E-state index contributed by atoms with van der Waals surface area (Å²) in [5.41, 5.74) is 1.30. The summed E-state index contributed by atoms with van der Waals surface area (Å²) in [4.78, 5) is 39.1. The van der Waals surface area contributed by atoms with Crippen LogP contribution in [0.15, 0.2) is 28.8 Å². The van der Waals surface area contributed by atoms with E-state index in [0.717, 1.165) is 5.39 Å². The van der Waals surface area contributed by atoms with Crippen LogP contribution in [0.1, 0.15) is 18.5 Å². The van der Waals surface area contributed by atoms with E-state index < -0.39 is 0 Å². The number of nitrogens with one attached hydrogen (secondary N) is 1. The van der Waals surface area contributed by atoms with E-state index in [0.29, 0.717) is 37.2 Å². The van der Waals surface area contributed by atoms with Gasteiger partial charge in [-0.1, -0.05) is 17.3 Å². The summed E-state index contributed by atoms with van der Waals surface area (Å²) < 4.78 is 5.24. The highest BCUT2D eigenvalue weighted by atomic mass is 16.5. The molecule has 4 amide bonds. The van der Waals surface area contributed by atoms with Crippen molar-refractivity contribution in [2.45, 2.75) is 25.3 Å². The molecule has 0 bridgehead atoms. The predicted octanol–water partition coefficient (Wildman–Crippen LogP) is 0.913. The number of para-hydroxylation sites is 1. The molecule has 0 spiro atoms. The van der Waals surface area contributed by atoms with Gasteiger partial charge in [0.1, 0.15) is 5.69 Å². The number of benzene rings is 1. The Balaban J connectivity index is 1.38. The van der Waals surface area contributed by atoms with Crippen LogP contribution >= 0.6 is 0 Å². The molecule has 2 aliphatic rings. The number of likely N-dealkylation sites (tertiary alicyclic amines) is 1. The van der Waals surface area contributed by atoms with Crippen molar-refractivity contribution in [1.82, 2.24) is 20.3 Å². The van der Waals surface area contributed by atoms with Gasteiger partial charge in [-0.05, 0) is 25.0 Å². The fraction of sp³-hybridized carbons (Fsp3) is 0.412. The van der Waals surface area contributed by atoms with Crippen molar-refractivity contribution in [3.05, 3.63) is 30.0 Å². The lowest BCUT2D eigenvalue weighted by Gasteiger charge is -2.35. The number of hydrogen-bond acceptors (Lipinski definition) is 5. The molecule has 1 N–H and O–H groups in total. The SMILES string of the molecule is O=C(Cc1noc2ccccc12)N1CCC(N2C(=O)CNC2=O)CC1. The first kappa shape index (κ1) is 15.6. The molecule has 2 saturated heterocycles. The van der Waals surface area contributed by atoms with Crippen LogP contribution in [0.5, 0.6) is 0 Å². The molecule has 8 heteroatoms. The number of nitrogens with zero attached hydrogens (tertiary/aromatic N) is 3.